The second-order valence-electron chi connectivity index (χ2n) is 6.58. The van der Waals surface area contributed by atoms with Crippen molar-refractivity contribution in [1.82, 2.24) is 15.0 Å². The standard InChI is InChI=1S/C20H21N5OS2/c1-12(26)22-17-11-14(8-9-21-17)19-18(23-20(24-19)27-2)13-4-3-5-15(10-13)25-28-16-6-7-16/h3-5,8-11,16,25H,6-7H2,1-2H3,(H,23,24)(H,21,22,26). The van der Waals surface area contributed by atoms with Crippen molar-refractivity contribution in [2.45, 2.75) is 30.2 Å². The Kier molecular flexibility index (Phi) is 5.59. The maximum atomic E-state index is 11.4. The van der Waals surface area contributed by atoms with E-state index in [9.17, 15) is 4.79 Å². The van der Waals surface area contributed by atoms with Crippen molar-refractivity contribution < 1.29 is 4.79 Å². The van der Waals surface area contributed by atoms with E-state index in [-0.39, 0.29) is 5.91 Å². The molecular formula is C20H21N5OS2. The van der Waals surface area contributed by atoms with E-state index < -0.39 is 0 Å². The first-order valence-electron chi connectivity index (χ1n) is 9.02. The van der Waals surface area contributed by atoms with Gasteiger partial charge in [0, 0.05) is 35.2 Å². The van der Waals surface area contributed by atoms with Crippen molar-refractivity contribution in [3.05, 3.63) is 42.6 Å². The number of imidazole rings is 1. The van der Waals surface area contributed by atoms with Crippen molar-refractivity contribution in [2.24, 2.45) is 0 Å². The maximum absolute atomic E-state index is 11.4. The van der Waals surface area contributed by atoms with Crippen molar-refractivity contribution >= 4 is 41.1 Å². The van der Waals surface area contributed by atoms with Gasteiger partial charge in [0.2, 0.25) is 5.91 Å². The van der Waals surface area contributed by atoms with Crippen LogP contribution in [0, 0.1) is 0 Å². The Morgan fingerprint density at radius 3 is 2.82 bits per heavy atom. The fraction of sp³-hybridized carbons (Fsp3) is 0.250. The van der Waals surface area contributed by atoms with Crippen LogP contribution in [0.15, 0.2) is 47.8 Å². The highest BCUT2D eigenvalue weighted by molar-refractivity contribution is 8.01. The van der Waals surface area contributed by atoms with Gasteiger partial charge in [-0.15, -0.1) is 0 Å². The molecule has 1 aromatic carbocycles. The zero-order valence-corrected chi connectivity index (χ0v) is 17.3. The molecule has 3 aromatic rings. The summed E-state index contributed by atoms with van der Waals surface area (Å²) in [6.45, 7) is 1.47. The highest BCUT2D eigenvalue weighted by atomic mass is 32.2. The molecule has 1 fully saturated rings. The number of carbonyl (C=O) groups is 1. The molecule has 8 heteroatoms. The predicted octanol–water partition coefficient (Wildman–Crippen LogP) is 5.04. The fourth-order valence-electron chi connectivity index (χ4n) is 2.77. The van der Waals surface area contributed by atoms with Gasteiger partial charge in [-0.05, 0) is 55.3 Å². The van der Waals surface area contributed by atoms with Crippen LogP contribution in [0.1, 0.15) is 19.8 Å². The number of nitrogens with one attached hydrogen (secondary N) is 3. The van der Waals surface area contributed by atoms with Crippen LogP contribution >= 0.6 is 23.7 Å². The van der Waals surface area contributed by atoms with Crippen LogP contribution in [0.3, 0.4) is 0 Å². The van der Waals surface area contributed by atoms with Gasteiger partial charge < -0.3 is 15.0 Å². The highest BCUT2D eigenvalue weighted by Gasteiger charge is 2.22. The monoisotopic (exact) mass is 411 g/mol. The lowest BCUT2D eigenvalue weighted by molar-refractivity contribution is -0.114. The number of pyridine rings is 1. The van der Waals surface area contributed by atoms with Crippen LogP contribution < -0.4 is 10.0 Å². The van der Waals surface area contributed by atoms with Crippen LogP contribution in [-0.2, 0) is 4.79 Å². The molecule has 0 spiro atoms. The summed E-state index contributed by atoms with van der Waals surface area (Å²) >= 11 is 3.35. The number of H-pyrrole nitrogens is 1. The predicted molar refractivity (Wildman–Crippen MR) is 118 cm³/mol. The molecular weight excluding hydrogens is 390 g/mol. The van der Waals surface area contributed by atoms with Crippen LogP contribution in [0.5, 0.6) is 0 Å². The van der Waals surface area contributed by atoms with E-state index >= 15 is 0 Å². The molecule has 1 amide bonds. The molecule has 0 bridgehead atoms. The number of benzene rings is 1. The molecule has 0 radical (unpaired) electrons. The molecule has 0 unspecified atom stereocenters. The summed E-state index contributed by atoms with van der Waals surface area (Å²) in [5.41, 5.74) is 4.82. The molecule has 144 valence electrons. The zero-order chi connectivity index (χ0) is 19.5. The van der Waals surface area contributed by atoms with Gasteiger partial charge in [0.15, 0.2) is 5.16 Å². The number of aromatic amines is 1. The zero-order valence-electron chi connectivity index (χ0n) is 15.7. The van der Waals surface area contributed by atoms with Crippen LogP contribution in [0.4, 0.5) is 11.5 Å². The summed E-state index contributed by atoms with van der Waals surface area (Å²) in [7, 11) is 0. The van der Waals surface area contributed by atoms with Crippen molar-refractivity contribution in [3.63, 3.8) is 0 Å². The van der Waals surface area contributed by atoms with Crippen LogP contribution in [0.2, 0.25) is 0 Å². The van der Waals surface area contributed by atoms with Crippen molar-refractivity contribution in [1.29, 1.82) is 0 Å². The van der Waals surface area contributed by atoms with Crippen molar-refractivity contribution in [2.75, 3.05) is 16.3 Å². The van der Waals surface area contributed by atoms with Gasteiger partial charge in [0.25, 0.3) is 0 Å². The summed E-state index contributed by atoms with van der Waals surface area (Å²) in [6.07, 6.45) is 6.26. The Hall–Kier alpha value is -2.45. The third-order valence-corrected chi connectivity index (χ3v) is 5.97. The number of anilines is 2. The highest BCUT2D eigenvalue weighted by Crippen LogP contribution is 2.37. The summed E-state index contributed by atoms with van der Waals surface area (Å²) in [4.78, 5) is 23.8. The van der Waals surface area contributed by atoms with Gasteiger partial charge in [0.05, 0.1) is 11.4 Å². The second kappa shape index (κ2) is 8.28. The number of aromatic nitrogens is 3. The van der Waals surface area contributed by atoms with Gasteiger partial charge in [-0.3, -0.25) is 4.79 Å². The van der Waals surface area contributed by atoms with Crippen molar-refractivity contribution in [3.8, 4) is 22.5 Å². The summed E-state index contributed by atoms with van der Waals surface area (Å²) in [5.74, 6) is 0.374. The first kappa shape index (κ1) is 18.9. The third kappa shape index (κ3) is 4.51. The van der Waals surface area contributed by atoms with E-state index in [4.69, 9.17) is 4.98 Å². The molecule has 3 N–H and O–H groups in total. The van der Waals surface area contributed by atoms with Gasteiger partial charge in [0.1, 0.15) is 5.82 Å². The number of hydrogen-bond donors (Lipinski definition) is 3. The number of hydrogen-bond acceptors (Lipinski definition) is 6. The molecule has 1 aliphatic carbocycles. The first-order chi connectivity index (χ1) is 13.6. The molecule has 1 aliphatic rings. The summed E-state index contributed by atoms with van der Waals surface area (Å²) < 4.78 is 3.44. The minimum atomic E-state index is -0.147. The first-order valence-corrected chi connectivity index (χ1v) is 11.1. The SMILES string of the molecule is CSc1nc(-c2cccc(NSC3CC3)c2)c(-c2ccnc(NC(C)=O)c2)[nH]1. The summed E-state index contributed by atoms with van der Waals surface area (Å²) in [6, 6.07) is 12.1. The van der Waals surface area contributed by atoms with E-state index in [2.05, 4.69) is 38.2 Å². The normalized spacial score (nSPS) is 13.4. The lowest BCUT2D eigenvalue weighted by Crippen LogP contribution is -2.07. The van der Waals surface area contributed by atoms with Gasteiger partial charge in [-0.1, -0.05) is 23.9 Å². The molecule has 0 saturated heterocycles. The Bertz CT molecular complexity index is 1000. The minimum absolute atomic E-state index is 0.147. The van der Waals surface area contributed by atoms with E-state index in [1.165, 1.54) is 19.8 Å². The van der Waals surface area contributed by atoms with E-state index in [0.29, 0.717) is 5.82 Å². The Labute approximate surface area is 172 Å². The van der Waals surface area contributed by atoms with Gasteiger partial charge >= 0.3 is 0 Å². The molecule has 28 heavy (non-hydrogen) atoms. The quantitative estimate of drug-likeness (QED) is 0.373. The molecule has 0 atom stereocenters. The fourth-order valence-corrected chi connectivity index (χ4v) is 3.96. The number of thioether (sulfide) groups is 1. The largest absolute Gasteiger partial charge is 0.332 e. The Morgan fingerprint density at radius 1 is 1.21 bits per heavy atom. The molecule has 2 aromatic heterocycles. The van der Waals surface area contributed by atoms with Gasteiger partial charge in [-0.2, -0.15) is 0 Å². The molecule has 2 heterocycles. The topological polar surface area (TPSA) is 82.7 Å². The van der Waals surface area contributed by atoms with E-state index in [0.717, 1.165) is 38.6 Å². The van der Waals surface area contributed by atoms with E-state index in [1.807, 2.05) is 24.5 Å². The number of rotatable bonds is 7. The Morgan fingerprint density at radius 2 is 2.07 bits per heavy atom. The average Bonchev–Trinajstić information content (AvgIpc) is 3.42. The van der Waals surface area contributed by atoms with E-state index in [1.54, 1.807) is 29.9 Å². The number of carbonyl (C=O) groups excluding carboxylic acids is 1. The molecule has 4 rings (SSSR count). The molecule has 0 aliphatic heterocycles. The molecule has 1 saturated carbocycles. The van der Waals surface area contributed by atoms with Crippen LogP contribution in [-0.4, -0.2) is 32.4 Å². The number of amides is 1. The third-order valence-electron chi connectivity index (χ3n) is 4.23. The number of nitrogens with zero attached hydrogens (tertiary/aromatic N) is 2. The van der Waals surface area contributed by atoms with Crippen LogP contribution in [0.25, 0.3) is 22.5 Å². The Balaban J connectivity index is 1.69. The summed E-state index contributed by atoms with van der Waals surface area (Å²) in [5, 5.41) is 4.31. The smallest absolute Gasteiger partial charge is 0.222 e. The minimum Gasteiger partial charge on any atom is -0.332 e. The second-order valence-corrected chi connectivity index (χ2v) is 8.48. The lowest BCUT2D eigenvalue weighted by Gasteiger charge is -2.08. The maximum Gasteiger partial charge on any atom is 0.222 e. The average molecular weight is 412 g/mol. The molecule has 6 nitrogen and oxygen atoms in total. The van der Waals surface area contributed by atoms with Gasteiger partial charge in [-0.25, -0.2) is 9.97 Å². The lowest BCUT2D eigenvalue weighted by atomic mass is 10.1.